The largest absolute Gasteiger partial charge is 0.480 e. The van der Waals surface area contributed by atoms with E-state index in [2.05, 4.69) is 0 Å². The van der Waals surface area contributed by atoms with Gasteiger partial charge in [-0.15, -0.1) is 0 Å². The lowest BCUT2D eigenvalue weighted by Crippen LogP contribution is -2.34. The van der Waals surface area contributed by atoms with Crippen molar-refractivity contribution in [1.29, 1.82) is 0 Å². The second-order valence-corrected chi connectivity index (χ2v) is 2.96. The van der Waals surface area contributed by atoms with Crippen molar-refractivity contribution in [1.82, 2.24) is 0 Å². The first-order chi connectivity index (χ1) is 5.29. The van der Waals surface area contributed by atoms with Crippen LogP contribution >= 0.6 is 8.25 Å². The van der Waals surface area contributed by atoms with E-state index in [0.717, 1.165) is 0 Å². The molecule has 0 saturated heterocycles. The standard InChI is InChI=1S/C5H11NO2.H3O3P/c1-3(2)4(6)5(7)8;1-4(2)3/h3-4H,6H2,1-2H3,(H,7,8);4H,(H2,1,2,3). The number of nitrogens with two attached hydrogens (primary N) is 1. The molecule has 0 radical (unpaired) electrons. The predicted molar refractivity (Wildman–Crippen MR) is 43.9 cm³/mol. The van der Waals surface area contributed by atoms with Gasteiger partial charge in [-0.1, -0.05) is 13.8 Å². The Morgan fingerprint density at radius 3 is 1.67 bits per heavy atom. The van der Waals surface area contributed by atoms with Crippen LogP contribution in [-0.4, -0.2) is 26.9 Å². The van der Waals surface area contributed by atoms with Crippen molar-refractivity contribution < 1.29 is 24.3 Å². The van der Waals surface area contributed by atoms with Gasteiger partial charge in [0.15, 0.2) is 0 Å². The molecule has 7 heteroatoms. The Balaban J connectivity index is 0. The summed E-state index contributed by atoms with van der Waals surface area (Å²) >= 11 is 0. The van der Waals surface area contributed by atoms with Gasteiger partial charge in [-0.3, -0.25) is 9.36 Å². The van der Waals surface area contributed by atoms with Crippen molar-refractivity contribution in [3.8, 4) is 0 Å². The van der Waals surface area contributed by atoms with E-state index in [9.17, 15) is 4.79 Å². The van der Waals surface area contributed by atoms with Crippen molar-refractivity contribution in [2.24, 2.45) is 11.7 Å². The molecule has 0 fully saturated rings. The molecule has 0 heterocycles. The Morgan fingerprint density at radius 1 is 1.42 bits per heavy atom. The zero-order valence-electron chi connectivity index (χ0n) is 6.89. The van der Waals surface area contributed by atoms with Crippen molar-refractivity contribution in [3.63, 3.8) is 0 Å². The van der Waals surface area contributed by atoms with Crippen LogP contribution < -0.4 is 5.73 Å². The molecule has 5 N–H and O–H groups in total. The number of rotatable bonds is 2. The molecule has 0 rings (SSSR count). The molecule has 0 aliphatic rings. The van der Waals surface area contributed by atoms with Gasteiger partial charge in [-0.25, -0.2) is 0 Å². The third-order valence-corrected chi connectivity index (χ3v) is 1.00. The van der Waals surface area contributed by atoms with Crippen LogP contribution in [0.15, 0.2) is 0 Å². The Hall–Kier alpha value is -0.420. The van der Waals surface area contributed by atoms with Crippen LogP contribution in [0.25, 0.3) is 0 Å². The van der Waals surface area contributed by atoms with E-state index >= 15 is 0 Å². The molecule has 0 aromatic carbocycles. The van der Waals surface area contributed by atoms with Gasteiger partial charge in [0.1, 0.15) is 6.04 Å². The molecule has 1 unspecified atom stereocenters. The van der Waals surface area contributed by atoms with E-state index in [4.69, 9.17) is 25.2 Å². The Bertz CT molecular complexity index is 156. The molecule has 74 valence electrons. The number of carboxylic acid groups (broad SMARTS) is 1. The molecule has 0 spiro atoms. The Labute approximate surface area is 71.0 Å². The maximum absolute atomic E-state index is 10.0. The van der Waals surface area contributed by atoms with E-state index in [1.807, 2.05) is 0 Å². The quantitative estimate of drug-likeness (QED) is 0.441. The fraction of sp³-hybridized carbons (Fsp3) is 0.800. The van der Waals surface area contributed by atoms with Crippen LogP contribution in [0.5, 0.6) is 0 Å². The third kappa shape index (κ3) is 12.3. The summed E-state index contributed by atoms with van der Waals surface area (Å²) < 4.78 is 8.74. The second kappa shape index (κ2) is 7.24. The zero-order chi connectivity index (χ0) is 10.3. The smallest absolute Gasteiger partial charge is 0.320 e. The summed E-state index contributed by atoms with van der Waals surface area (Å²) in [6.45, 7) is 3.55. The highest BCUT2D eigenvalue weighted by Gasteiger charge is 2.14. The van der Waals surface area contributed by atoms with Gasteiger partial charge >= 0.3 is 14.2 Å². The molecule has 0 saturated carbocycles. The number of carboxylic acids is 1. The van der Waals surface area contributed by atoms with Crippen LogP contribution in [0.4, 0.5) is 0 Å². The van der Waals surface area contributed by atoms with E-state index in [1.165, 1.54) is 0 Å². The molecule has 0 bridgehead atoms. The minimum absolute atomic E-state index is 0.0208. The maximum atomic E-state index is 10.0. The van der Waals surface area contributed by atoms with Gasteiger partial charge in [0, 0.05) is 0 Å². The number of aliphatic carboxylic acids is 1. The van der Waals surface area contributed by atoms with E-state index < -0.39 is 20.3 Å². The predicted octanol–water partition coefficient (Wildman–Crippen LogP) is -0.585. The average molecular weight is 199 g/mol. The maximum Gasteiger partial charge on any atom is 0.320 e. The van der Waals surface area contributed by atoms with Gasteiger partial charge < -0.3 is 20.6 Å². The topological polar surface area (TPSA) is 121 Å². The molecular formula is C5H14NO5P. The lowest BCUT2D eigenvalue weighted by Gasteiger charge is -2.07. The monoisotopic (exact) mass is 199 g/mol. The van der Waals surface area contributed by atoms with Crippen LogP contribution in [0.3, 0.4) is 0 Å². The first-order valence-electron chi connectivity index (χ1n) is 3.19. The van der Waals surface area contributed by atoms with Crippen LogP contribution in [0.1, 0.15) is 13.8 Å². The van der Waals surface area contributed by atoms with Crippen molar-refractivity contribution >= 4 is 14.2 Å². The average Bonchev–Trinajstić information content (AvgIpc) is 1.84. The highest BCUT2D eigenvalue weighted by molar-refractivity contribution is 7.30. The molecule has 1 atom stereocenters. The van der Waals surface area contributed by atoms with Crippen molar-refractivity contribution in [3.05, 3.63) is 0 Å². The minimum Gasteiger partial charge on any atom is -0.480 e. The van der Waals surface area contributed by atoms with Crippen molar-refractivity contribution in [2.75, 3.05) is 0 Å². The number of carbonyl (C=O) groups is 1. The first-order valence-corrected chi connectivity index (χ1v) is 4.49. The summed E-state index contributed by atoms with van der Waals surface area (Å²) in [5.74, 6) is -0.910. The summed E-state index contributed by atoms with van der Waals surface area (Å²) in [5.41, 5.74) is 5.16. The van der Waals surface area contributed by atoms with Gasteiger partial charge in [0.25, 0.3) is 0 Å². The van der Waals surface area contributed by atoms with Crippen LogP contribution in [-0.2, 0) is 9.36 Å². The summed E-state index contributed by atoms with van der Waals surface area (Å²) in [6.07, 6.45) is 0. The molecule has 0 aromatic rings. The van der Waals surface area contributed by atoms with E-state index in [0.29, 0.717) is 0 Å². The van der Waals surface area contributed by atoms with E-state index in [1.54, 1.807) is 13.8 Å². The number of hydrogen-bond donors (Lipinski definition) is 4. The number of hydrogen-bond acceptors (Lipinski definition) is 3. The van der Waals surface area contributed by atoms with Crippen LogP contribution in [0, 0.1) is 5.92 Å². The van der Waals surface area contributed by atoms with E-state index in [-0.39, 0.29) is 5.92 Å². The Morgan fingerprint density at radius 2 is 1.67 bits per heavy atom. The fourth-order valence-corrected chi connectivity index (χ4v) is 0.285. The summed E-state index contributed by atoms with van der Waals surface area (Å²) in [4.78, 5) is 24.3. The normalized spacial score (nSPS) is 12.2. The summed E-state index contributed by atoms with van der Waals surface area (Å²) in [5, 5.41) is 8.23. The second-order valence-electron chi connectivity index (χ2n) is 2.39. The molecule has 0 amide bonds. The fourth-order valence-electron chi connectivity index (χ4n) is 0.285. The molecule has 0 aromatic heterocycles. The van der Waals surface area contributed by atoms with Crippen molar-refractivity contribution in [2.45, 2.75) is 19.9 Å². The highest BCUT2D eigenvalue weighted by atomic mass is 31.1. The first kappa shape index (κ1) is 14.1. The minimum atomic E-state index is -3.13. The molecule has 0 aliphatic heterocycles. The molecule has 12 heavy (non-hydrogen) atoms. The van der Waals surface area contributed by atoms with Gasteiger partial charge in [0.05, 0.1) is 0 Å². The molecular weight excluding hydrogens is 185 g/mol. The summed E-state index contributed by atoms with van der Waals surface area (Å²) in [6, 6.07) is -0.713. The zero-order valence-corrected chi connectivity index (χ0v) is 7.89. The lowest BCUT2D eigenvalue weighted by molar-refractivity contribution is -0.139. The Kier molecular flexibility index (Phi) is 8.52. The van der Waals surface area contributed by atoms with Crippen LogP contribution in [0.2, 0.25) is 0 Å². The summed E-state index contributed by atoms with van der Waals surface area (Å²) in [7, 11) is -3.13. The van der Waals surface area contributed by atoms with Gasteiger partial charge in [-0.05, 0) is 5.92 Å². The lowest BCUT2D eigenvalue weighted by atomic mass is 10.1. The molecule has 0 aliphatic carbocycles. The third-order valence-electron chi connectivity index (χ3n) is 1.00. The van der Waals surface area contributed by atoms with Gasteiger partial charge in [-0.2, -0.15) is 0 Å². The SMILES string of the molecule is CC(C)C(N)C(=O)O.O=[PH](O)O. The van der Waals surface area contributed by atoms with Gasteiger partial charge in [0.2, 0.25) is 0 Å². The molecule has 6 nitrogen and oxygen atoms in total. The highest BCUT2D eigenvalue weighted by Crippen LogP contribution is 1.98.